The zero-order valence-electron chi connectivity index (χ0n) is 23.4. The number of anilines is 1. The van der Waals surface area contributed by atoms with Crippen molar-refractivity contribution in [3.63, 3.8) is 0 Å². The lowest BCUT2D eigenvalue weighted by Crippen LogP contribution is -2.38. The van der Waals surface area contributed by atoms with Crippen LogP contribution in [0.4, 0.5) is 23.7 Å². The van der Waals surface area contributed by atoms with Crippen LogP contribution in [0.15, 0.2) is 54.7 Å². The van der Waals surface area contributed by atoms with Gasteiger partial charge in [0.05, 0.1) is 11.3 Å². The highest BCUT2D eigenvalue weighted by atomic mass is 19.4. The highest BCUT2D eigenvalue weighted by molar-refractivity contribution is 6.09. The number of aromatic carboxylic acids is 1. The van der Waals surface area contributed by atoms with Gasteiger partial charge in [0.15, 0.2) is 0 Å². The molecular formula is C30H31F3N4O5. The summed E-state index contributed by atoms with van der Waals surface area (Å²) in [5.74, 6) is -2.83. The van der Waals surface area contributed by atoms with E-state index in [-0.39, 0.29) is 35.1 Å². The molecule has 0 aliphatic carbocycles. The molecule has 0 spiro atoms. The number of aryl methyl sites for hydroxylation is 1. The van der Waals surface area contributed by atoms with E-state index in [0.29, 0.717) is 18.7 Å². The van der Waals surface area contributed by atoms with Crippen molar-refractivity contribution in [2.75, 3.05) is 18.0 Å². The number of urea groups is 1. The summed E-state index contributed by atoms with van der Waals surface area (Å²) in [4.78, 5) is 44.5. The maximum atomic E-state index is 14.0. The van der Waals surface area contributed by atoms with E-state index >= 15 is 0 Å². The first-order chi connectivity index (χ1) is 19.8. The molecule has 4 rings (SSSR count). The summed E-state index contributed by atoms with van der Waals surface area (Å²) in [6.45, 7) is 6.33. The average Bonchev–Trinajstić information content (AvgIpc) is 3.48. The molecule has 0 bridgehead atoms. The lowest BCUT2D eigenvalue weighted by atomic mass is 10.1. The van der Waals surface area contributed by atoms with Crippen molar-refractivity contribution in [1.29, 1.82) is 0 Å². The zero-order valence-corrected chi connectivity index (χ0v) is 23.4. The molecule has 42 heavy (non-hydrogen) atoms. The van der Waals surface area contributed by atoms with Gasteiger partial charge in [-0.15, -0.1) is 0 Å². The molecule has 1 aromatic heterocycles. The molecule has 9 nitrogen and oxygen atoms in total. The standard InChI is InChI=1S/C30H31F3N4O5/c1-18(2)37(27(38)21-8-6-19(3)7-9-21)25-11-10-22(15-23(25)28(39)40)42-26-24(30(31,32)33)14-20(16-34-26)17-35-29(41)36-12-4-5-13-36/h6-11,14-16,18H,4-5,12-13,17H2,1-3H3,(H,35,41)(H,39,40). The molecule has 2 aromatic carbocycles. The Hall–Kier alpha value is -4.61. The Labute approximate surface area is 240 Å². The van der Waals surface area contributed by atoms with Crippen molar-refractivity contribution >= 4 is 23.6 Å². The van der Waals surface area contributed by atoms with Crippen molar-refractivity contribution in [2.24, 2.45) is 0 Å². The quantitative estimate of drug-likeness (QED) is 0.323. The van der Waals surface area contributed by atoms with Crippen LogP contribution in [0, 0.1) is 6.92 Å². The summed E-state index contributed by atoms with van der Waals surface area (Å²) in [5.41, 5.74) is -0.0514. The number of halogens is 3. The molecule has 1 aliphatic heterocycles. The number of alkyl halides is 3. The molecule has 0 unspecified atom stereocenters. The highest BCUT2D eigenvalue weighted by Gasteiger charge is 2.36. The van der Waals surface area contributed by atoms with E-state index in [1.165, 1.54) is 17.0 Å². The lowest BCUT2D eigenvalue weighted by Gasteiger charge is -2.28. The Morgan fingerprint density at radius 1 is 1.07 bits per heavy atom. The molecule has 1 saturated heterocycles. The Balaban J connectivity index is 1.61. The fraction of sp³-hybridized carbons (Fsp3) is 0.333. The third-order valence-corrected chi connectivity index (χ3v) is 6.76. The first-order valence-electron chi connectivity index (χ1n) is 13.4. The largest absolute Gasteiger partial charge is 0.478 e. The second kappa shape index (κ2) is 12.5. The molecular weight excluding hydrogens is 553 g/mol. The van der Waals surface area contributed by atoms with Gasteiger partial charge in [0, 0.05) is 37.4 Å². The number of likely N-dealkylation sites (tertiary alicyclic amines) is 1. The van der Waals surface area contributed by atoms with Crippen LogP contribution in [0.3, 0.4) is 0 Å². The Kier molecular flexibility index (Phi) is 9.03. The zero-order chi connectivity index (χ0) is 30.6. The van der Waals surface area contributed by atoms with Gasteiger partial charge in [-0.3, -0.25) is 4.79 Å². The number of hydrogen-bond donors (Lipinski definition) is 2. The molecule has 3 amide bonds. The lowest BCUT2D eigenvalue weighted by molar-refractivity contribution is -0.138. The second-order valence-corrected chi connectivity index (χ2v) is 10.3. The van der Waals surface area contributed by atoms with E-state index in [4.69, 9.17) is 4.74 Å². The number of rotatable bonds is 8. The normalized spacial score (nSPS) is 13.3. The summed E-state index contributed by atoms with van der Waals surface area (Å²) < 4.78 is 47.3. The number of benzene rings is 2. The number of carbonyl (C=O) groups is 3. The second-order valence-electron chi connectivity index (χ2n) is 10.3. The SMILES string of the molecule is Cc1ccc(C(=O)N(c2ccc(Oc3ncc(CNC(=O)N4CCCC4)cc3C(F)(F)F)cc2C(=O)O)C(C)C)cc1. The molecule has 2 N–H and O–H groups in total. The van der Waals surface area contributed by atoms with E-state index in [9.17, 15) is 32.7 Å². The van der Waals surface area contributed by atoms with Crippen LogP contribution < -0.4 is 15.0 Å². The monoisotopic (exact) mass is 584 g/mol. The van der Waals surface area contributed by atoms with Crippen LogP contribution in [0.2, 0.25) is 0 Å². The molecule has 3 aromatic rings. The number of hydrogen-bond acceptors (Lipinski definition) is 5. The smallest absolute Gasteiger partial charge is 0.421 e. The van der Waals surface area contributed by atoms with E-state index in [1.807, 2.05) is 6.92 Å². The van der Waals surface area contributed by atoms with Crippen molar-refractivity contribution in [3.8, 4) is 11.6 Å². The van der Waals surface area contributed by atoms with Gasteiger partial charge in [-0.1, -0.05) is 17.7 Å². The topological polar surface area (TPSA) is 112 Å². The van der Waals surface area contributed by atoms with Crippen LogP contribution in [0.25, 0.3) is 0 Å². The third-order valence-electron chi connectivity index (χ3n) is 6.76. The summed E-state index contributed by atoms with van der Waals surface area (Å²) in [6.07, 6.45) is -1.94. The molecule has 222 valence electrons. The molecule has 0 radical (unpaired) electrons. The summed E-state index contributed by atoms with van der Waals surface area (Å²) in [5, 5.41) is 12.6. The van der Waals surface area contributed by atoms with E-state index in [2.05, 4.69) is 10.3 Å². The summed E-state index contributed by atoms with van der Waals surface area (Å²) >= 11 is 0. The van der Waals surface area contributed by atoms with Crippen molar-refractivity contribution < 1.29 is 37.4 Å². The minimum Gasteiger partial charge on any atom is -0.478 e. The molecule has 1 fully saturated rings. The van der Waals surface area contributed by atoms with Gasteiger partial charge in [-0.2, -0.15) is 13.2 Å². The summed E-state index contributed by atoms with van der Waals surface area (Å²) in [7, 11) is 0. The maximum Gasteiger partial charge on any atom is 0.421 e. The van der Waals surface area contributed by atoms with Gasteiger partial charge in [0.2, 0.25) is 5.88 Å². The molecule has 0 saturated carbocycles. The third kappa shape index (κ3) is 6.99. The van der Waals surface area contributed by atoms with Gasteiger partial charge < -0.3 is 25.0 Å². The van der Waals surface area contributed by atoms with Gasteiger partial charge in [-0.25, -0.2) is 14.6 Å². The first kappa shape index (κ1) is 30.4. The predicted octanol–water partition coefficient (Wildman–Crippen LogP) is 6.26. The Morgan fingerprint density at radius 2 is 1.74 bits per heavy atom. The number of nitrogens with zero attached hydrogens (tertiary/aromatic N) is 3. The molecule has 12 heteroatoms. The van der Waals surface area contributed by atoms with Crippen LogP contribution in [-0.4, -0.2) is 52.0 Å². The molecule has 1 aliphatic rings. The number of amides is 3. The van der Waals surface area contributed by atoms with E-state index < -0.39 is 35.5 Å². The maximum absolute atomic E-state index is 14.0. The van der Waals surface area contributed by atoms with Crippen LogP contribution >= 0.6 is 0 Å². The fourth-order valence-electron chi connectivity index (χ4n) is 4.62. The summed E-state index contributed by atoms with van der Waals surface area (Å²) in [6, 6.07) is 10.5. The number of pyridine rings is 1. The Bertz CT molecular complexity index is 1470. The fourth-order valence-corrected chi connectivity index (χ4v) is 4.62. The number of aromatic nitrogens is 1. The number of carboxylic acids is 1. The minimum atomic E-state index is -4.85. The van der Waals surface area contributed by atoms with Crippen LogP contribution in [0.1, 0.15) is 64.1 Å². The minimum absolute atomic E-state index is 0.0588. The first-order valence-corrected chi connectivity index (χ1v) is 13.4. The van der Waals surface area contributed by atoms with Gasteiger partial charge in [0.25, 0.3) is 5.91 Å². The predicted molar refractivity (Wildman–Crippen MR) is 149 cm³/mol. The highest BCUT2D eigenvalue weighted by Crippen LogP contribution is 2.38. The van der Waals surface area contributed by atoms with Crippen LogP contribution in [-0.2, 0) is 12.7 Å². The average molecular weight is 585 g/mol. The van der Waals surface area contributed by atoms with Gasteiger partial charge >= 0.3 is 18.2 Å². The van der Waals surface area contributed by atoms with Gasteiger partial charge in [0.1, 0.15) is 11.3 Å². The van der Waals surface area contributed by atoms with Gasteiger partial charge in [-0.05, 0) is 75.6 Å². The van der Waals surface area contributed by atoms with Crippen molar-refractivity contribution in [1.82, 2.24) is 15.2 Å². The number of carbonyl (C=O) groups excluding carboxylic acids is 2. The molecule has 2 heterocycles. The van der Waals surface area contributed by atoms with Crippen LogP contribution in [0.5, 0.6) is 11.6 Å². The molecule has 0 atom stereocenters. The number of ether oxygens (including phenoxy) is 1. The van der Waals surface area contributed by atoms with Crippen molar-refractivity contribution in [3.05, 3.63) is 82.5 Å². The number of nitrogens with one attached hydrogen (secondary N) is 1. The Morgan fingerprint density at radius 3 is 2.33 bits per heavy atom. The number of carboxylic acid groups (broad SMARTS) is 1. The van der Waals surface area contributed by atoms with Crippen molar-refractivity contribution in [2.45, 2.75) is 52.4 Å². The van der Waals surface area contributed by atoms with E-state index in [0.717, 1.165) is 36.7 Å². The van der Waals surface area contributed by atoms with E-state index in [1.54, 1.807) is 43.0 Å².